The summed E-state index contributed by atoms with van der Waals surface area (Å²) in [5, 5.41) is 3.97. The van der Waals surface area contributed by atoms with E-state index >= 15 is 0 Å². The molecule has 21 heavy (non-hydrogen) atoms. The predicted octanol–water partition coefficient (Wildman–Crippen LogP) is 2.65. The highest BCUT2D eigenvalue weighted by Crippen LogP contribution is 2.31. The van der Waals surface area contributed by atoms with Gasteiger partial charge in [-0.05, 0) is 49.5 Å². The Kier molecular flexibility index (Phi) is 5.45. The van der Waals surface area contributed by atoms with E-state index in [1.807, 2.05) is 0 Å². The first-order valence-corrected chi connectivity index (χ1v) is 8.84. The molecule has 1 N–H and O–H groups in total. The molecule has 0 aliphatic carbocycles. The van der Waals surface area contributed by atoms with Crippen LogP contribution in [0.25, 0.3) is 0 Å². The number of piperidine rings is 1. The summed E-state index contributed by atoms with van der Waals surface area (Å²) in [5.41, 5.74) is 0. The van der Waals surface area contributed by atoms with Crippen LogP contribution < -0.4 is 5.32 Å². The zero-order chi connectivity index (χ0) is 14.3. The van der Waals surface area contributed by atoms with Crippen molar-refractivity contribution in [2.24, 2.45) is 11.8 Å². The molecule has 0 aromatic heterocycles. The van der Waals surface area contributed by atoms with Gasteiger partial charge < -0.3 is 5.32 Å². The Morgan fingerprint density at radius 2 is 1.86 bits per heavy atom. The number of hydrogen-bond acceptors (Lipinski definition) is 3. The quantitative estimate of drug-likeness (QED) is 0.869. The van der Waals surface area contributed by atoms with E-state index < -0.39 is 10.0 Å². The number of hydrogen-bond donors (Lipinski definition) is 1. The minimum absolute atomic E-state index is 0. The van der Waals surface area contributed by atoms with Crippen LogP contribution in [-0.2, 0) is 10.0 Å². The Balaban J connectivity index is 0.00000161. The second-order valence-corrected chi connectivity index (χ2v) is 8.16. The molecule has 1 aromatic rings. The summed E-state index contributed by atoms with van der Waals surface area (Å²) in [6, 6.07) is 4.47. The number of halogens is 3. The van der Waals surface area contributed by atoms with Gasteiger partial charge in [-0.2, -0.15) is 4.31 Å². The van der Waals surface area contributed by atoms with Crippen molar-refractivity contribution in [2.75, 3.05) is 26.2 Å². The van der Waals surface area contributed by atoms with Gasteiger partial charge in [0.1, 0.15) is 0 Å². The van der Waals surface area contributed by atoms with Gasteiger partial charge in [0.2, 0.25) is 10.0 Å². The minimum atomic E-state index is -3.48. The lowest BCUT2D eigenvalue weighted by atomic mass is 9.90. The van der Waals surface area contributed by atoms with Gasteiger partial charge in [-0.15, -0.1) is 12.4 Å². The van der Waals surface area contributed by atoms with Gasteiger partial charge in [-0.1, -0.05) is 23.2 Å². The molecule has 2 saturated heterocycles. The van der Waals surface area contributed by atoms with E-state index in [-0.39, 0.29) is 22.3 Å². The van der Waals surface area contributed by atoms with Crippen molar-refractivity contribution in [3.05, 3.63) is 28.2 Å². The summed E-state index contributed by atoms with van der Waals surface area (Å²) in [4.78, 5) is 0.219. The second kappa shape index (κ2) is 6.60. The van der Waals surface area contributed by atoms with Crippen LogP contribution >= 0.6 is 35.6 Å². The number of rotatable bonds is 2. The number of fused-ring (bicyclic) bond motifs is 1. The number of sulfonamides is 1. The van der Waals surface area contributed by atoms with Crippen molar-refractivity contribution in [3.63, 3.8) is 0 Å². The topological polar surface area (TPSA) is 49.4 Å². The Hall–Kier alpha value is -0.0400. The Bertz CT molecular complexity index is 624. The van der Waals surface area contributed by atoms with Gasteiger partial charge in [0.15, 0.2) is 0 Å². The van der Waals surface area contributed by atoms with Crippen LogP contribution in [0.4, 0.5) is 0 Å². The molecule has 2 atom stereocenters. The summed E-state index contributed by atoms with van der Waals surface area (Å²) in [6.07, 6.45) is 0.915. The van der Waals surface area contributed by atoms with Gasteiger partial charge in [0.05, 0.1) is 14.9 Å². The van der Waals surface area contributed by atoms with Gasteiger partial charge in [-0.25, -0.2) is 8.42 Å². The van der Waals surface area contributed by atoms with Crippen molar-refractivity contribution >= 4 is 45.6 Å². The van der Waals surface area contributed by atoms with E-state index in [4.69, 9.17) is 23.2 Å². The number of nitrogens with one attached hydrogen (secondary N) is 1. The summed E-state index contributed by atoms with van der Waals surface area (Å²) in [7, 11) is -3.48. The maximum atomic E-state index is 12.6. The van der Waals surface area contributed by atoms with Crippen LogP contribution in [0.1, 0.15) is 6.42 Å². The summed E-state index contributed by atoms with van der Waals surface area (Å²) in [6.45, 7) is 3.06. The molecule has 0 spiro atoms. The monoisotopic (exact) mass is 370 g/mol. The standard InChI is InChI=1S/C13H16Cl2N2O2S.ClH/c14-12-2-1-11(5-13(12)15)20(18,19)17-4-3-9-6-16-7-10(9)8-17;/h1-2,5,9-10,16H,3-4,6-8H2;1H. The molecule has 2 unspecified atom stereocenters. The first kappa shape index (κ1) is 17.3. The molecule has 2 aliphatic rings. The fourth-order valence-electron chi connectivity index (χ4n) is 3.01. The van der Waals surface area contributed by atoms with Gasteiger partial charge in [0.25, 0.3) is 0 Å². The van der Waals surface area contributed by atoms with E-state index in [1.54, 1.807) is 4.31 Å². The predicted molar refractivity (Wildman–Crippen MR) is 86.9 cm³/mol. The average Bonchev–Trinajstić information content (AvgIpc) is 2.89. The van der Waals surface area contributed by atoms with E-state index in [9.17, 15) is 8.42 Å². The number of benzene rings is 1. The lowest BCUT2D eigenvalue weighted by molar-refractivity contribution is 0.228. The Morgan fingerprint density at radius 1 is 1.14 bits per heavy atom. The third-order valence-corrected chi connectivity index (χ3v) is 6.80. The average molecular weight is 372 g/mol. The van der Waals surface area contributed by atoms with Crippen LogP contribution in [0.2, 0.25) is 10.0 Å². The van der Waals surface area contributed by atoms with Crippen LogP contribution in [0, 0.1) is 11.8 Å². The maximum Gasteiger partial charge on any atom is 0.243 e. The molecule has 4 nitrogen and oxygen atoms in total. The van der Waals surface area contributed by atoms with Crippen molar-refractivity contribution < 1.29 is 8.42 Å². The molecule has 2 aliphatic heterocycles. The second-order valence-electron chi connectivity index (χ2n) is 5.41. The van der Waals surface area contributed by atoms with Crippen LogP contribution in [0.15, 0.2) is 23.1 Å². The molecule has 8 heteroatoms. The summed E-state index contributed by atoms with van der Waals surface area (Å²) < 4.78 is 26.9. The SMILES string of the molecule is Cl.O=S(=O)(c1ccc(Cl)c(Cl)c1)N1CCC2CNCC2C1. The number of nitrogens with zero attached hydrogens (tertiary/aromatic N) is 1. The van der Waals surface area contributed by atoms with Crippen LogP contribution in [0.3, 0.4) is 0 Å². The summed E-state index contributed by atoms with van der Waals surface area (Å²) in [5.74, 6) is 1.02. The van der Waals surface area contributed by atoms with Crippen molar-refractivity contribution in [2.45, 2.75) is 11.3 Å². The summed E-state index contributed by atoms with van der Waals surface area (Å²) >= 11 is 11.8. The van der Waals surface area contributed by atoms with E-state index in [2.05, 4.69) is 5.32 Å². The highest BCUT2D eigenvalue weighted by Gasteiger charge is 2.37. The largest absolute Gasteiger partial charge is 0.316 e. The zero-order valence-electron chi connectivity index (χ0n) is 11.3. The molecule has 2 heterocycles. The maximum absolute atomic E-state index is 12.6. The molecule has 0 radical (unpaired) electrons. The van der Waals surface area contributed by atoms with Crippen molar-refractivity contribution in [1.29, 1.82) is 0 Å². The van der Waals surface area contributed by atoms with Gasteiger partial charge in [-0.3, -0.25) is 0 Å². The van der Waals surface area contributed by atoms with Crippen molar-refractivity contribution in [3.8, 4) is 0 Å². The van der Waals surface area contributed by atoms with E-state index in [0.717, 1.165) is 19.5 Å². The third kappa shape index (κ3) is 3.33. The smallest absolute Gasteiger partial charge is 0.243 e. The molecule has 0 bridgehead atoms. The Labute approximate surface area is 141 Å². The zero-order valence-corrected chi connectivity index (χ0v) is 14.4. The molecule has 0 saturated carbocycles. The van der Waals surface area contributed by atoms with E-state index in [1.165, 1.54) is 18.2 Å². The first-order valence-electron chi connectivity index (χ1n) is 6.64. The third-order valence-electron chi connectivity index (χ3n) is 4.20. The van der Waals surface area contributed by atoms with Crippen LogP contribution in [0.5, 0.6) is 0 Å². The Morgan fingerprint density at radius 3 is 2.57 bits per heavy atom. The lowest BCUT2D eigenvalue weighted by Gasteiger charge is -2.33. The van der Waals surface area contributed by atoms with Gasteiger partial charge in [0, 0.05) is 13.1 Å². The van der Waals surface area contributed by atoms with Crippen LogP contribution in [-0.4, -0.2) is 38.9 Å². The first-order chi connectivity index (χ1) is 9.48. The molecular formula is C13H17Cl3N2O2S. The van der Waals surface area contributed by atoms with E-state index in [0.29, 0.717) is 29.9 Å². The molecule has 118 valence electrons. The fraction of sp³-hybridized carbons (Fsp3) is 0.538. The minimum Gasteiger partial charge on any atom is -0.316 e. The molecule has 3 rings (SSSR count). The highest BCUT2D eigenvalue weighted by molar-refractivity contribution is 7.89. The highest BCUT2D eigenvalue weighted by atomic mass is 35.5. The lowest BCUT2D eigenvalue weighted by Crippen LogP contribution is -2.43. The normalized spacial score (nSPS) is 26.2. The molecular weight excluding hydrogens is 355 g/mol. The molecule has 1 aromatic carbocycles. The molecule has 0 amide bonds. The van der Waals surface area contributed by atoms with Gasteiger partial charge >= 0.3 is 0 Å². The van der Waals surface area contributed by atoms with Crippen molar-refractivity contribution in [1.82, 2.24) is 9.62 Å². The molecule has 2 fully saturated rings. The fourth-order valence-corrected chi connectivity index (χ4v) is 4.91.